The van der Waals surface area contributed by atoms with Crippen LogP contribution in [0.25, 0.3) is 0 Å². The second kappa shape index (κ2) is 9.78. The van der Waals surface area contributed by atoms with E-state index in [2.05, 4.69) is 15.6 Å². The van der Waals surface area contributed by atoms with Crippen molar-refractivity contribution in [2.24, 2.45) is 4.99 Å². The smallest absolute Gasteiger partial charge is 0.191 e. The number of hydrogen-bond acceptors (Lipinski definition) is 5. The van der Waals surface area contributed by atoms with Crippen LogP contribution in [0.15, 0.2) is 17.1 Å². The Balaban J connectivity index is 2.83. The Labute approximate surface area is 138 Å². The molecule has 0 saturated heterocycles. The van der Waals surface area contributed by atoms with Crippen molar-refractivity contribution in [2.75, 3.05) is 42.1 Å². The van der Waals surface area contributed by atoms with Gasteiger partial charge in [-0.3, -0.25) is 4.99 Å². The van der Waals surface area contributed by atoms with Crippen LogP contribution in [0.5, 0.6) is 17.2 Å². The zero-order chi connectivity index (χ0) is 17.2. The molecule has 0 aliphatic carbocycles. The van der Waals surface area contributed by atoms with Crippen LogP contribution in [-0.2, 0) is 11.3 Å². The van der Waals surface area contributed by atoms with Gasteiger partial charge in [0, 0.05) is 38.4 Å². The Morgan fingerprint density at radius 1 is 1.04 bits per heavy atom. The molecule has 0 aromatic heterocycles. The summed E-state index contributed by atoms with van der Waals surface area (Å²) in [6, 6.07) is 3.84. The molecule has 7 heteroatoms. The lowest BCUT2D eigenvalue weighted by Gasteiger charge is -2.19. The average Bonchev–Trinajstić information content (AvgIpc) is 2.57. The van der Waals surface area contributed by atoms with Gasteiger partial charge in [0.2, 0.25) is 0 Å². The van der Waals surface area contributed by atoms with Gasteiger partial charge in [-0.1, -0.05) is 0 Å². The number of ether oxygens (including phenoxy) is 4. The van der Waals surface area contributed by atoms with E-state index in [-0.39, 0.29) is 6.04 Å². The summed E-state index contributed by atoms with van der Waals surface area (Å²) in [4.78, 5) is 4.20. The first kappa shape index (κ1) is 18.9. The topological polar surface area (TPSA) is 73.3 Å². The first-order chi connectivity index (χ1) is 11.1. The molecule has 2 N–H and O–H groups in total. The minimum Gasteiger partial charge on any atom is -0.496 e. The molecule has 0 amide bonds. The average molecular weight is 325 g/mol. The van der Waals surface area contributed by atoms with E-state index in [0.29, 0.717) is 30.6 Å². The van der Waals surface area contributed by atoms with Crippen LogP contribution < -0.4 is 24.8 Å². The van der Waals surface area contributed by atoms with E-state index in [1.165, 1.54) is 0 Å². The van der Waals surface area contributed by atoms with E-state index >= 15 is 0 Å². The van der Waals surface area contributed by atoms with Crippen molar-refractivity contribution in [2.45, 2.75) is 19.5 Å². The third kappa shape index (κ3) is 5.52. The Kier molecular flexibility index (Phi) is 8.04. The van der Waals surface area contributed by atoms with E-state index in [9.17, 15) is 0 Å². The van der Waals surface area contributed by atoms with Gasteiger partial charge in [0.1, 0.15) is 5.75 Å². The van der Waals surface area contributed by atoms with Gasteiger partial charge in [0.15, 0.2) is 17.5 Å². The summed E-state index contributed by atoms with van der Waals surface area (Å²) in [5.74, 6) is 2.69. The molecule has 0 saturated carbocycles. The number of hydrogen-bond donors (Lipinski definition) is 2. The number of methoxy groups -OCH3 is 4. The molecule has 1 rings (SSSR count). The summed E-state index contributed by atoms with van der Waals surface area (Å²) < 4.78 is 21.1. The Morgan fingerprint density at radius 3 is 2.17 bits per heavy atom. The molecule has 23 heavy (non-hydrogen) atoms. The van der Waals surface area contributed by atoms with Crippen LogP contribution in [0, 0.1) is 0 Å². The van der Waals surface area contributed by atoms with Crippen molar-refractivity contribution < 1.29 is 18.9 Å². The number of rotatable bonds is 8. The summed E-state index contributed by atoms with van der Waals surface area (Å²) in [7, 11) is 8.22. The Bertz CT molecular complexity index is 520. The maximum atomic E-state index is 5.42. The molecule has 130 valence electrons. The van der Waals surface area contributed by atoms with E-state index in [1.54, 1.807) is 41.6 Å². The van der Waals surface area contributed by atoms with Gasteiger partial charge < -0.3 is 29.6 Å². The summed E-state index contributed by atoms with van der Waals surface area (Å²) in [6.45, 7) is 3.15. The minimum atomic E-state index is 0.151. The molecule has 1 aromatic carbocycles. The third-order valence-corrected chi connectivity index (χ3v) is 3.26. The molecule has 0 aliphatic rings. The van der Waals surface area contributed by atoms with Crippen LogP contribution in [0.4, 0.5) is 0 Å². The quantitative estimate of drug-likeness (QED) is 0.556. The molecule has 0 fully saturated rings. The first-order valence-corrected chi connectivity index (χ1v) is 7.34. The number of guanidine groups is 1. The predicted molar refractivity (Wildman–Crippen MR) is 90.8 cm³/mol. The normalized spacial score (nSPS) is 12.5. The van der Waals surface area contributed by atoms with E-state index in [4.69, 9.17) is 18.9 Å². The second-order valence-electron chi connectivity index (χ2n) is 4.95. The van der Waals surface area contributed by atoms with Gasteiger partial charge in [-0.05, 0) is 13.0 Å². The largest absolute Gasteiger partial charge is 0.496 e. The monoisotopic (exact) mass is 325 g/mol. The molecule has 7 nitrogen and oxygen atoms in total. The Hall–Kier alpha value is -2.15. The fourth-order valence-electron chi connectivity index (χ4n) is 2.13. The van der Waals surface area contributed by atoms with E-state index in [0.717, 1.165) is 11.3 Å². The molecule has 0 aliphatic heterocycles. The highest BCUT2D eigenvalue weighted by Crippen LogP contribution is 2.34. The third-order valence-electron chi connectivity index (χ3n) is 3.26. The number of benzene rings is 1. The molecular weight excluding hydrogens is 298 g/mol. The first-order valence-electron chi connectivity index (χ1n) is 7.34. The van der Waals surface area contributed by atoms with Crippen LogP contribution in [0.1, 0.15) is 12.5 Å². The van der Waals surface area contributed by atoms with Crippen molar-refractivity contribution in [3.63, 3.8) is 0 Å². The Morgan fingerprint density at radius 2 is 1.65 bits per heavy atom. The fourth-order valence-corrected chi connectivity index (χ4v) is 2.13. The lowest BCUT2D eigenvalue weighted by molar-refractivity contribution is 0.179. The number of nitrogens with zero attached hydrogens (tertiary/aromatic N) is 1. The van der Waals surface area contributed by atoms with Gasteiger partial charge in [-0.25, -0.2) is 0 Å². The SMILES string of the molecule is CN=C(NCc1cc(OC)c(OC)cc1OC)NC(C)COC. The molecule has 0 heterocycles. The molecule has 0 bridgehead atoms. The van der Waals surface area contributed by atoms with Gasteiger partial charge in [-0.15, -0.1) is 0 Å². The maximum Gasteiger partial charge on any atom is 0.191 e. The molecule has 1 aromatic rings. The minimum absolute atomic E-state index is 0.151. The van der Waals surface area contributed by atoms with Crippen LogP contribution in [-0.4, -0.2) is 54.1 Å². The summed E-state index contributed by atoms with van der Waals surface area (Å²) in [5, 5.41) is 6.49. The van der Waals surface area contributed by atoms with Crippen molar-refractivity contribution in [1.82, 2.24) is 10.6 Å². The standard InChI is InChI=1S/C16H27N3O4/c1-11(10-20-3)19-16(17-2)18-9-12-7-14(22-5)15(23-6)8-13(12)21-4/h7-8,11H,9-10H2,1-6H3,(H2,17,18,19). The maximum absolute atomic E-state index is 5.42. The summed E-state index contributed by atoms with van der Waals surface area (Å²) in [6.07, 6.45) is 0. The predicted octanol–water partition coefficient (Wildman–Crippen LogP) is 1.41. The second-order valence-corrected chi connectivity index (χ2v) is 4.95. The molecule has 1 atom stereocenters. The zero-order valence-corrected chi connectivity index (χ0v) is 14.7. The fraction of sp³-hybridized carbons (Fsp3) is 0.562. The molecule has 0 spiro atoms. The van der Waals surface area contributed by atoms with Crippen molar-refractivity contribution in [3.05, 3.63) is 17.7 Å². The zero-order valence-electron chi connectivity index (χ0n) is 14.7. The molecular formula is C16H27N3O4. The van der Waals surface area contributed by atoms with Crippen LogP contribution in [0.3, 0.4) is 0 Å². The van der Waals surface area contributed by atoms with Gasteiger partial charge >= 0.3 is 0 Å². The van der Waals surface area contributed by atoms with Gasteiger partial charge in [0.05, 0.1) is 27.9 Å². The highest BCUT2D eigenvalue weighted by Gasteiger charge is 2.12. The lowest BCUT2D eigenvalue weighted by Crippen LogP contribution is -2.43. The summed E-state index contributed by atoms with van der Waals surface area (Å²) in [5.41, 5.74) is 0.937. The van der Waals surface area contributed by atoms with Gasteiger partial charge in [0.25, 0.3) is 0 Å². The molecule has 0 radical (unpaired) electrons. The highest BCUT2D eigenvalue weighted by atomic mass is 16.5. The molecule has 1 unspecified atom stereocenters. The van der Waals surface area contributed by atoms with Crippen molar-refractivity contribution in [3.8, 4) is 17.2 Å². The highest BCUT2D eigenvalue weighted by molar-refractivity contribution is 5.80. The van der Waals surface area contributed by atoms with Crippen molar-refractivity contribution >= 4 is 5.96 Å². The van der Waals surface area contributed by atoms with E-state index in [1.807, 2.05) is 13.0 Å². The summed E-state index contributed by atoms with van der Waals surface area (Å²) >= 11 is 0. The van der Waals surface area contributed by atoms with Crippen LogP contribution >= 0.6 is 0 Å². The van der Waals surface area contributed by atoms with E-state index < -0.39 is 0 Å². The van der Waals surface area contributed by atoms with Crippen molar-refractivity contribution in [1.29, 1.82) is 0 Å². The van der Waals surface area contributed by atoms with Crippen LogP contribution in [0.2, 0.25) is 0 Å². The number of aliphatic imine (C=N–C) groups is 1. The number of nitrogens with one attached hydrogen (secondary N) is 2. The lowest BCUT2D eigenvalue weighted by atomic mass is 10.1. The van der Waals surface area contributed by atoms with Gasteiger partial charge in [-0.2, -0.15) is 0 Å².